The van der Waals surface area contributed by atoms with Gasteiger partial charge in [0.25, 0.3) is 0 Å². The van der Waals surface area contributed by atoms with Gasteiger partial charge in [-0.3, -0.25) is 14.9 Å². The van der Waals surface area contributed by atoms with Crippen molar-refractivity contribution < 1.29 is 18.0 Å². The number of aromatic nitrogens is 2. The lowest BCUT2D eigenvalue weighted by Crippen LogP contribution is -2.56. The monoisotopic (exact) mass is 305 g/mol. The number of anilines is 1. The fourth-order valence-corrected chi connectivity index (χ4v) is 2.32. The molecule has 0 bridgehead atoms. The molecule has 9 heteroatoms. The normalized spacial score (nSPS) is 20.6. The van der Waals surface area contributed by atoms with Gasteiger partial charge in [-0.2, -0.15) is 18.3 Å². The number of rotatable bonds is 2. The summed E-state index contributed by atoms with van der Waals surface area (Å²) in [5.74, 6) is 0.424. The van der Waals surface area contributed by atoms with Gasteiger partial charge in [-0.15, -0.1) is 0 Å². The van der Waals surface area contributed by atoms with Gasteiger partial charge in [0.1, 0.15) is 0 Å². The Morgan fingerprint density at radius 3 is 2.71 bits per heavy atom. The minimum atomic E-state index is -4.22. The van der Waals surface area contributed by atoms with Crippen molar-refractivity contribution in [3.63, 3.8) is 0 Å². The van der Waals surface area contributed by atoms with Crippen LogP contribution in [-0.4, -0.2) is 64.0 Å². The third-order valence-electron chi connectivity index (χ3n) is 3.38. The van der Waals surface area contributed by atoms with Gasteiger partial charge in [-0.1, -0.05) is 0 Å². The molecule has 0 spiro atoms. The Balaban J connectivity index is 1.88. The van der Waals surface area contributed by atoms with Crippen molar-refractivity contribution in [3.05, 3.63) is 12.3 Å². The zero-order chi connectivity index (χ0) is 15.6. The van der Waals surface area contributed by atoms with Crippen LogP contribution in [0.2, 0.25) is 0 Å². The summed E-state index contributed by atoms with van der Waals surface area (Å²) in [7, 11) is 1.73. The van der Waals surface area contributed by atoms with Crippen LogP contribution in [0.1, 0.15) is 6.92 Å². The molecule has 21 heavy (non-hydrogen) atoms. The molecule has 0 radical (unpaired) electrons. The quantitative estimate of drug-likeness (QED) is 0.901. The summed E-state index contributed by atoms with van der Waals surface area (Å²) in [6.07, 6.45) is -2.52. The Hall–Kier alpha value is -1.77. The lowest BCUT2D eigenvalue weighted by Gasteiger charge is -2.39. The Bertz CT molecular complexity index is 501. The lowest BCUT2D eigenvalue weighted by molar-refractivity contribution is -0.153. The van der Waals surface area contributed by atoms with Gasteiger partial charge in [-0.25, -0.2) is 4.79 Å². The standard InChI is InChI=1S/C12H18F3N5O/c1-9-7-19(5-6-20(9)8-12(13,14)15)11(21)16-10-3-4-18(2)17-10/h3-4,9H,5-8H2,1-2H3,(H,16,17,21). The van der Waals surface area contributed by atoms with E-state index in [9.17, 15) is 18.0 Å². The zero-order valence-corrected chi connectivity index (χ0v) is 11.9. The van der Waals surface area contributed by atoms with Gasteiger partial charge in [0.05, 0.1) is 6.54 Å². The van der Waals surface area contributed by atoms with E-state index in [-0.39, 0.29) is 31.7 Å². The molecule has 0 aromatic carbocycles. The van der Waals surface area contributed by atoms with E-state index in [1.54, 1.807) is 30.9 Å². The first-order valence-electron chi connectivity index (χ1n) is 6.61. The van der Waals surface area contributed by atoms with E-state index in [1.807, 2.05) is 0 Å². The molecule has 1 unspecified atom stereocenters. The van der Waals surface area contributed by atoms with E-state index in [1.165, 1.54) is 9.80 Å². The third kappa shape index (κ3) is 4.35. The van der Waals surface area contributed by atoms with E-state index < -0.39 is 12.7 Å². The second-order valence-corrected chi connectivity index (χ2v) is 5.19. The topological polar surface area (TPSA) is 53.4 Å². The summed E-state index contributed by atoms with van der Waals surface area (Å²) in [6, 6.07) is 0.975. The molecule has 118 valence electrons. The first-order chi connectivity index (χ1) is 9.74. The summed E-state index contributed by atoms with van der Waals surface area (Å²) in [5.41, 5.74) is 0. The number of nitrogens with one attached hydrogen (secondary N) is 1. The van der Waals surface area contributed by atoms with Crippen LogP contribution in [0.3, 0.4) is 0 Å². The van der Waals surface area contributed by atoms with Crippen molar-refractivity contribution in [2.24, 2.45) is 7.05 Å². The number of carbonyl (C=O) groups excluding carboxylic acids is 1. The third-order valence-corrected chi connectivity index (χ3v) is 3.38. The van der Waals surface area contributed by atoms with Crippen molar-refractivity contribution in [1.29, 1.82) is 0 Å². The summed E-state index contributed by atoms with van der Waals surface area (Å²) < 4.78 is 38.8. The smallest absolute Gasteiger partial charge is 0.322 e. The van der Waals surface area contributed by atoms with E-state index in [2.05, 4.69) is 10.4 Å². The Morgan fingerprint density at radius 2 is 2.19 bits per heavy atom. The number of urea groups is 1. The van der Waals surface area contributed by atoms with Gasteiger partial charge in [0.2, 0.25) is 0 Å². The van der Waals surface area contributed by atoms with Crippen LogP contribution in [0.25, 0.3) is 0 Å². The van der Waals surface area contributed by atoms with Gasteiger partial charge in [0.15, 0.2) is 5.82 Å². The summed E-state index contributed by atoms with van der Waals surface area (Å²) in [4.78, 5) is 14.9. The summed E-state index contributed by atoms with van der Waals surface area (Å²) in [5, 5.41) is 6.66. The second kappa shape index (κ2) is 5.92. The van der Waals surface area contributed by atoms with Crippen molar-refractivity contribution in [3.8, 4) is 0 Å². The van der Waals surface area contributed by atoms with E-state index in [0.717, 1.165) is 0 Å². The van der Waals surface area contributed by atoms with Crippen LogP contribution in [0.4, 0.5) is 23.8 Å². The molecule has 1 aliphatic rings. The zero-order valence-electron chi connectivity index (χ0n) is 11.9. The highest BCUT2D eigenvalue weighted by Crippen LogP contribution is 2.20. The Labute approximate surface area is 120 Å². The number of aryl methyl sites for hydroxylation is 1. The Kier molecular flexibility index (Phi) is 4.40. The van der Waals surface area contributed by atoms with Gasteiger partial charge < -0.3 is 4.90 Å². The molecule has 0 aliphatic carbocycles. The molecule has 1 N–H and O–H groups in total. The molecule has 1 aromatic rings. The predicted molar refractivity (Wildman–Crippen MR) is 70.9 cm³/mol. The van der Waals surface area contributed by atoms with Gasteiger partial charge in [-0.05, 0) is 6.92 Å². The number of piperazine rings is 1. The molecule has 0 saturated carbocycles. The molecule has 1 aliphatic heterocycles. The molecule has 1 aromatic heterocycles. The van der Waals surface area contributed by atoms with E-state index >= 15 is 0 Å². The number of alkyl halides is 3. The molecule has 2 amide bonds. The van der Waals surface area contributed by atoms with Gasteiger partial charge in [0, 0.05) is 45.0 Å². The molecule has 1 atom stereocenters. The maximum atomic E-state index is 12.4. The molecule has 1 fully saturated rings. The largest absolute Gasteiger partial charge is 0.401 e. The highest BCUT2D eigenvalue weighted by Gasteiger charge is 2.35. The second-order valence-electron chi connectivity index (χ2n) is 5.19. The fourth-order valence-electron chi connectivity index (χ4n) is 2.32. The number of hydrogen-bond acceptors (Lipinski definition) is 3. The minimum Gasteiger partial charge on any atom is -0.322 e. The van der Waals surface area contributed by atoms with Crippen molar-refractivity contribution in [1.82, 2.24) is 19.6 Å². The molecule has 2 rings (SSSR count). The SMILES string of the molecule is CC1CN(C(=O)Nc2ccn(C)n2)CCN1CC(F)(F)F. The maximum absolute atomic E-state index is 12.4. The molecular weight excluding hydrogens is 287 g/mol. The number of amides is 2. The fraction of sp³-hybridized carbons (Fsp3) is 0.667. The lowest BCUT2D eigenvalue weighted by atomic mass is 10.2. The average molecular weight is 305 g/mol. The van der Waals surface area contributed by atoms with Crippen molar-refractivity contribution >= 4 is 11.8 Å². The van der Waals surface area contributed by atoms with Crippen LogP contribution >= 0.6 is 0 Å². The first-order valence-corrected chi connectivity index (χ1v) is 6.61. The summed E-state index contributed by atoms with van der Waals surface area (Å²) in [6.45, 7) is 1.47. The molecule has 1 saturated heterocycles. The van der Waals surface area contributed by atoms with Crippen LogP contribution in [0.15, 0.2) is 12.3 Å². The average Bonchev–Trinajstić information content (AvgIpc) is 2.75. The minimum absolute atomic E-state index is 0.205. The van der Waals surface area contributed by atoms with Crippen molar-refractivity contribution in [2.75, 3.05) is 31.5 Å². The Morgan fingerprint density at radius 1 is 1.48 bits per heavy atom. The highest BCUT2D eigenvalue weighted by atomic mass is 19.4. The van der Waals surface area contributed by atoms with E-state index in [0.29, 0.717) is 5.82 Å². The van der Waals surface area contributed by atoms with Crippen LogP contribution in [0, 0.1) is 0 Å². The van der Waals surface area contributed by atoms with Crippen LogP contribution in [0.5, 0.6) is 0 Å². The molecule has 2 heterocycles. The number of nitrogens with zero attached hydrogens (tertiary/aromatic N) is 4. The first kappa shape index (κ1) is 15.6. The number of halogens is 3. The number of hydrogen-bond donors (Lipinski definition) is 1. The van der Waals surface area contributed by atoms with Gasteiger partial charge >= 0.3 is 12.2 Å². The van der Waals surface area contributed by atoms with Crippen LogP contribution in [-0.2, 0) is 7.05 Å². The summed E-state index contributed by atoms with van der Waals surface area (Å²) >= 11 is 0. The highest BCUT2D eigenvalue weighted by molar-refractivity contribution is 5.88. The molecular formula is C12H18F3N5O. The van der Waals surface area contributed by atoms with Crippen LogP contribution < -0.4 is 5.32 Å². The predicted octanol–water partition coefficient (Wildman–Crippen LogP) is 1.52. The maximum Gasteiger partial charge on any atom is 0.401 e. The molecule has 6 nitrogen and oxygen atoms in total. The van der Waals surface area contributed by atoms with Crippen molar-refractivity contribution in [2.45, 2.75) is 19.1 Å². The number of carbonyl (C=O) groups is 1. The van der Waals surface area contributed by atoms with E-state index in [4.69, 9.17) is 0 Å².